The summed E-state index contributed by atoms with van der Waals surface area (Å²) in [5.41, 5.74) is 2.11. The van der Waals surface area contributed by atoms with Crippen molar-refractivity contribution < 1.29 is 14.3 Å². The number of fused-ring (bicyclic) bond motifs is 1. The van der Waals surface area contributed by atoms with Crippen LogP contribution < -0.4 is 5.43 Å². The molecule has 1 heterocycles. The van der Waals surface area contributed by atoms with E-state index in [0.717, 1.165) is 12.0 Å². The number of carboxylic acids is 1. The largest absolute Gasteiger partial charge is 0.478 e. The van der Waals surface area contributed by atoms with Crippen molar-refractivity contribution in [3.05, 3.63) is 69.9 Å². The molecule has 4 nitrogen and oxygen atoms in total. The highest BCUT2D eigenvalue weighted by Crippen LogP contribution is 2.25. The van der Waals surface area contributed by atoms with Crippen molar-refractivity contribution in [2.75, 3.05) is 0 Å². The van der Waals surface area contributed by atoms with Gasteiger partial charge in [0.1, 0.15) is 11.3 Å². The molecule has 0 atom stereocenters. The Bertz CT molecular complexity index is 922. The molecule has 0 aliphatic rings. The van der Waals surface area contributed by atoms with Gasteiger partial charge in [0.05, 0.1) is 10.9 Å². The van der Waals surface area contributed by atoms with Crippen LogP contribution in [-0.2, 0) is 6.42 Å². The molecule has 0 bridgehead atoms. The summed E-state index contributed by atoms with van der Waals surface area (Å²) >= 11 is 0. The van der Waals surface area contributed by atoms with Gasteiger partial charge >= 0.3 is 5.97 Å². The van der Waals surface area contributed by atoms with Gasteiger partial charge in [0, 0.05) is 11.6 Å². The van der Waals surface area contributed by atoms with Crippen LogP contribution in [0.3, 0.4) is 0 Å². The van der Waals surface area contributed by atoms with Gasteiger partial charge in [0.15, 0.2) is 5.43 Å². The molecule has 0 spiro atoms. The number of benzene rings is 2. The summed E-state index contributed by atoms with van der Waals surface area (Å²) < 4.78 is 5.89. The number of hydrogen-bond donors (Lipinski definition) is 1. The molecule has 110 valence electrons. The van der Waals surface area contributed by atoms with E-state index >= 15 is 0 Å². The minimum absolute atomic E-state index is 0.132. The number of carbonyl (C=O) groups is 1. The molecular formula is C18H14O4. The summed E-state index contributed by atoms with van der Waals surface area (Å²) in [5.74, 6) is -0.638. The third-order valence-electron chi connectivity index (χ3n) is 3.61. The first kappa shape index (κ1) is 14.1. The number of aryl methyl sites for hydroxylation is 1. The van der Waals surface area contributed by atoms with Crippen molar-refractivity contribution in [1.29, 1.82) is 0 Å². The Morgan fingerprint density at radius 2 is 1.91 bits per heavy atom. The fourth-order valence-corrected chi connectivity index (χ4v) is 2.46. The van der Waals surface area contributed by atoms with E-state index in [-0.39, 0.29) is 11.0 Å². The fourth-order valence-electron chi connectivity index (χ4n) is 2.46. The Kier molecular flexibility index (Phi) is 3.51. The van der Waals surface area contributed by atoms with E-state index in [2.05, 4.69) is 0 Å². The summed E-state index contributed by atoms with van der Waals surface area (Å²) in [6, 6.07) is 13.3. The van der Waals surface area contributed by atoms with E-state index in [1.807, 2.05) is 19.1 Å². The first-order valence-corrected chi connectivity index (χ1v) is 6.99. The molecule has 3 rings (SSSR count). The van der Waals surface area contributed by atoms with E-state index in [9.17, 15) is 9.59 Å². The fraction of sp³-hybridized carbons (Fsp3) is 0.111. The Labute approximate surface area is 126 Å². The molecule has 0 saturated heterocycles. The van der Waals surface area contributed by atoms with Crippen LogP contribution in [0.5, 0.6) is 0 Å². The predicted octanol–water partition coefficient (Wildman–Crippen LogP) is 3.72. The van der Waals surface area contributed by atoms with Crippen LogP contribution in [0.1, 0.15) is 22.8 Å². The van der Waals surface area contributed by atoms with E-state index in [4.69, 9.17) is 9.52 Å². The van der Waals surface area contributed by atoms with Gasteiger partial charge in [0.25, 0.3) is 0 Å². The molecule has 22 heavy (non-hydrogen) atoms. The van der Waals surface area contributed by atoms with Crippen LogP contribution in [0.4, 0.5) is 0 Å². The summed E-state index contributed by atoms with van der Waals surface area (Å²) in [5, 5.41) is 9.61. The van der Waals surface area contributed by atoms with Crippen molar-refractivity contribution in [2.24, 2.45) is 0 Å². The van der Waals surface area contributed by atoms with Crippen LogP contribution >= 0.6 is 0 Å². The number of para-hydroxylation sites is 1. The third kappa shape index (κ3) is 2.39. The molecule has 2 aromatic carbocycles. The SMILES string of the molecule is CCc1cccc2c(=O)cc(-c3cccc(C(=O)O)c3)oc12. The van der Waals surface area contributed by atoms with E-state index in [0.29, 0.717) is 22.3 Å². The molecule has 0 unspecified atom stereocenters. The number of aromatic carboxylic acids is 1. The molecule has 0 saturated carbocycles. The van der Waals surface area contributed by atoms with Crippen molar-refractivity contribution in [3.8, 4) is 11.3 Å². The summed E-state index contributed by atoms with van der Waals surface area (Å²) in [4.78, 5) is 23.4. The summed E-state index contributed by atoms with van der Waals surface area (Å²) in [6.07, 6.45) is 0.749. The van der Waals surface area contributed by atoms with E-state index in [1.54, 1.807) is 18.2 Å². The van der Waals surface area contributed by atoms with E-state index in [1.165, 1.54) is 18.2 Å². The first-order valence-electron chi connectivity index (χ1n) is 6.99. The average molecular weight is 294 g/mol. The molecule has 0 radical (unpaired) electrons. The van der Waals surface area contributed by atoms with Gasteiger partial charge in [-0.05, 0) is 30.2 Å². The second-order valence-electron chi connectivity index (χ2n) is 5.01. The second-order valence-corrected chi connectivity index (χ2v) is 5.01. The lowest BCUT2D eigenvalue weighted by molar-refractivity contribution is 0.0697. The lowest BCUT2D eigenvalue weighted by Gasteiger charge is -2.07. The smallest absolute Gasteiger partial charge is 0.335 e. The molecule has 0 aliphatic carbocycles. The van der Waals surface area contributed by atoms with Gasteiger partial charge in [0.2, 0.25) is 0 Å². The highest BCUT2D eigenvalue weighted by molar-refractivity contribution is 5.89. The Morgan fingerprint density at radius 1 is 1.14 bits per heavy atom. The molecule has 1 aromatic heterocycles. The van der Waals surface area contributed by atoms with Gasteiger partial charge in [-0.1, -0.05) is 31.2 Å². The quantitative estimate of drug-likeness (QED) is 0.799. The second kappa shape index (κ2) is 5.48. The minimum atomic E-state index is -1.01. The van der Waals surface area contributed by atoms with Gasteiger partial charge in [-0.3, -0.25) is 4.79 Å². The van der Waals surface area contributed by atoms with Crippen molar-refractivity contribution in [1.82, 2.24) is 0 Å². The van der Waals surface area contributed by atoms with E-state index < -0.39 is 5.97 Å². The molecule has 3 aromatic rings. The van der Waals surface area contributed by atoms with Crippen molar-refractivity contribution >= 4 is 16.9 Å². The van der Waals surface area contributed by atoms with Crippen LogP contribution in [0.25, 0.3) is 22.3 Å². The Hall–Kier alpha value is -2.88. The maximum Gasteiger partial charge on any atom is 0.335 e. The zero-order chi connectivity index (χ0) is 15.7. The van der Waals surface area contributed by atoms with Crippen molar-refractivity contribution in [2.45, 2.75) is 13.3 Å². The molecule has 4 heteroatoms. The zero-order valence-electron chi connectivity index (χ0n) is 12.0. The zero-order valence-corrected chi connectivity index (χ0v) is 12.0. The minimum Gasteiger partial charge on any atom is -0.478 e. The maximum atomic E-state index is 12.3. The van der Waals surface area contributed by atoms with Gasteiger partial charge in [-0.25, -0.2) is 4.79 Å². The van der Waals surface area contributed by atoms with Gasteiger partial charge in [-0.15, -0.1) is 0 Å². The van der Waals surface area contributed by atoms with Gasteiger partial charge < -0.3 is 9.52 Å². The molecule has 0 fully saturated rings. The Morgan fingerprint density at radius 3 is 2.64 bits per heavy atom. The Balaban J connectivity index is 2.26. The highest BCUT2D eigenvalue weighted by Gasteiger charge is 2.11. The summed E-state index contributed by atoms with van der Waals surface area (Å²) in [7, 11) is 0. The number of carboxylic acid groups (broad SMARTS) is 1. The average Bonchev–Trinajstić information content (AvgIpc) is 2.54. The predicted molar refractivity (Wildman–Crippen MR) is 84.3 cm³/mol. The molecule has 0 aliphatic heterocycles. The normalized spacial score (nSPS) is 10.8. The van der Waals surface area contributed by atoms with Crippen LogP contribution in [0.2, 0.25) is 0 Å². The van der Waals surface area contributed by atoms with Gasteiger partial charge in [-0.2, -0.15) is 0 Å². The lowest BCUT2D eigenvalue weighted by atomic mass is 10.1. The highest BCUT2D eigenvalue weighted by atomic mass is 16.4. The summed E-state index contributed by atoms with van der Waals surface area (Å²) in [6.45, 7) is 1.99. The molecule has 0 amide bonds. The maximum absolute atomic E-state index is 12.3. The van der Waals surface area contributed by atoms with Crippen LogP contribution in [0, 0.1) is 0 Å². The number of hydrogen-bond acceptors (Lipinski definition) is 3. The number of rotatable bonds is 3. The van der Waals surface area contributed by atoms with Crippen molar-refractivity contribution in [3.63, 3.8) is 0 Å². The molecular weight excluding hydrogens is 280 g/mol. The van der Waals surface area contributed by atoms with Crippen LogP contribution in [-0.4, -0.2) is 11.1 Å². The molecule has 1 N–H and O–H groups in total. The topological polar surface area (TPSA) is 67.5 Å². The standard InChI is InChI=1S/C18H14O4/c1-2-11-5-4-8-14-15(19)10-16(22-17(11)14)12-6-3-7-13(9-12)18(20)21/h3-10H,2H2,1H3,(H,20,21). The lowest BCUT2D eigenvalue weighted by Crippen LogP contribution is -2.02. The third-order valence-corrected chi connectivity index (χ3v) is 3.61. The first-order chi connectivity index (χ1) is 10.6. The monoisotopic (exact) mass is 294 g/mol. The van der Waals surface area contributed by atoms with Crippen LogP contribution in [0.15, 0.2) is 57.7 Å².